The van der Waals surface area contributed by atoms with Gasteiger partial charge in [0, 0.05) is 11.9 Å². The highest BCUT2D eigenvalue weighted by molar-refractivity contribution is 5.21. The SMILES string of the molecule is Cc1ccc(C(NN)C2(C)CC2)cn1. The Morgan fingerprint density at radius 1 is 1.50 bits per heavy atom. The molecule has 76 valence electrons. The first-order chi connectivity index (χ1) is 6.65. The number of rotatable bonds is 3. The van der Waals surface area contributed by atoms with E-state index in [4.69, 9.17) is 5.84 Å². The van der Waals surface area contributed by atoms with E-state index in [1.54, 1.807) is 0 Å². The average Bonchev–Trinajstić information content (AvgIpc) is 2.89. The number of hydrogen-bond acceptors (Lipinski definition) is 3. The van der Waals surface area contributed by atoms with Gasteiger partial charge in [-0.05, 0) is 36.8 Å². The van der Waals surface area contributed by atoms with Gasteiger partial charge in [-0.1, -0.05) is 13.0 Å². The molecule has 1 aliphatic carbocycles. The first-order valence-electron chi connectivity index (χ1n) is 5.04. The van der Waals surface area contributed by atoms with Crippen molar-refractivity contribution in [2.75, 3.05) is 0 Å². The third-order valence-corrected chi connectivity index (χ3v) is 3.17. The van der Waals surface area contributed by atoms with Gasteiger partial charge in [0.25, 0.3) is 0 Å². The first kappa shape index (κ1) is 9.62. The van der Waals surface area contributed by atoms with Gasteiger partial charge in [-0.2, -0.15) is 0 Å². The van der Waals surface area contributed by atoms with Crippen molar-refractivity contribution in [3.05, 3.63) is 29.6 Å². The Hall–Kier alpha value is -0.930. The van der Waals surface area contributed by atoms with E-state index in [0.717, 1.165) is 5.69 Å². The van der Waals surface area contributed by atoms with E-state index in [0.29, 0.717) is 5.41 Å². The van der Waals surface area contributed by atoms with E-state index in [1.807, 2.05) is 19.2 Å². The summed E-state index contributed by atoms with van der Waals surface area (Å²) in [7, 11) is 0. The molecular formula is C11H17N3. The molecule has 1 saturated carbocycles. The van der Waals surface area contributed by atoms with E-state index < -0.39 is 0 Å². The molecule has 1 atom stereocenters. The number of aryl methyl sites for hydroxylation is 1. The molecule has 0 saturated heterocycles. The summed E-state index contributed by atoms with van der Waals surface area (Å²) >= 11 is 0. The Bertz CT molecular complexity index is 314. The Labute approximate surface area is 84.7 Å². The fourth-order valence-electron chi connectivity index (χ4n) is 1.84. The van der Waals surface area contributed by atoms with Gasteiger partial charge in [0.2, 0.25) is 0 Å². The van der Waals surface area contributed by atoms with Gasteiger partial charge in [0.1, 0.15) is 0 Å². The fourth-order valence-corrected chi connectivity index (χ4v) is 1.84. The fraction of sp³-hybridized carbons (Fsp3) is 0.545. The summed E-state index contributed by atoms with van der Waals surface area (Å²) < 4.78 is 0. The minimum absolute atomic E-state index is 0.246. The highest BCUT2D eigenvalue weighted by Crippen LogP contribution is 2.53. The van der Waals surface area contributed by atoms with E-state index in [-0.39, 0.29) is 6.04 Å². The van der Waals surface area contributed by atoms with E-state index >= 15 is 0 Å². The molecule has 0 amide bonds. The first-order valence-corrected chi connectivity index (χ1v) is 5.04. The maximum Gasteiger partial charge on any atom is 0.0528 e. The van der Waals surface area contributed by atoms with Crippen molar-refractivity contribution in [3.63, 3.8) is 0 Å². The molecule has 14 heavy (non-hydrogen) atoms. The third-order valence-electron chi connectivity index (χ3n) is 3.17. The topological polar surface area (TPSA) is 50.9 Å². The molecule has 1 aliphatic rings. The molecular weight excluding hydrogens is 174 g/mol. The minimum atomic E-state index is 0.246. The van der Waals surface area contributed by atoms with Crippen LogP contribution in [0.4, 0.5) is 0 Å². The summed E-state index contributed by atoms with van der Waals surface area (Å²) in [4.78, 5) is 4.29. The molecule has 0 aliphatic heterocycles. The molecule has 0 spiro atoms. The third kappa shape index (κ3) is 1.65. The normalized spacial score (nSPS) is 20.5. The monoisotopic (exact) mass is 191 g/mol. The Morgan fingerprint density at radius 2 is 2.21 bits per heavy atom. The maximum absolute atomic E-state index is 5.59. The molecule has 3 nitrogen and oxygen atoms in total. The van der Waals surface area contributed by atoms with Crippen LogP contribution >= 0.6 is 0 Å². The molecule has 1 unspecified atom stereocenters. The van der Waals surface area contributed by atoms with Crippen LogP contribution in [-0.4, -0.2) is 4.98 Å². The molecule has 0 aromatic carbocycles. The second-order valence-electron chi connectivity index (χ2n) is 4.49. The van der Waals surface area contributed by atoms with Gasteiger partial charge >= 0.3 is 0 Å². The average molecular weight is 191 g/mol. The van der Waals surface area contributed by atoms with Crippen molar-refractivity contribution in [2.45, 2.75) is 32.7 Å². The second-order valence-corrected chi connectivity index (χ2v) is 4.49. The summed E-state index contributed by atoms with van der Waals surface area (Å²) in [5.74, 6) is 5.59. The lowest BCUT2D eigenvalue weighted by atomic mass is 9.93. The van der Waals surface area contributed by atoms with Gasteiger partial charge < -0.3 is 0 Å². The highest BCUT2D eigenvalue weighted by atomic mass is 15.2. The number of nitrogens with two attached hydrogens (primary N) is 1. The Balaban J connectivity index is 2.23. The van der Waals surface area contributed by atoms with Gasteiger partial charge in [-0.3, -0.25) is 16.3 Å². The minimum Gasteiger partial charge on any atom is -0.271 e. The van der Waals surface area contributed by atoms with Crippen molar-refractivity contribution < 1.29 is 0 Å². The molecule has 1 heterocycles. The number of nitrogens with one attached hydrogen (secondary N) is 1. The lowest BCUT2D eigenvalue weighted by Crippen LogP contribution is -2.33. The zero-order valence-corrected chi connectivity index (χ0v) is 8.75. The van der Waals surface area contributed by atoms with E-state index in [2.05, 4.69) is 23.4 Å². The molecule has 3 N–H and O–H groups in total. The quantitative estimate of drug-likeness (QED) is 0.564. The van der Waals surface area contributed by atoms with Crippen LogP contribution in [0, 0.1) is 12.3 Å². The standard InChI is InChI=1S/C11H17N3/c1-8-3-4-9(7-13-8)10(14-12)11(2)5-6-11/h3-4,7,10,14H,5-6,12H2,1-2H3. The predicted molar refractivity (Wildman–Crippen MR) is 56.4 cm³/mol. The summed E-state index contributed by atoms with van der Waals surface area (Å²) in [6.45, 7) is 4.25. The van der Waals surface area contributed by atoms with Crippen LogP contribution in [-0.2, 0) is 0 Å². The molecule has 3 heteroatoms. The zero-order valence-electron chi connectivity index (χ0n) is 8.75. The van der Waals surface area contributed by atoms with Crippen molar-refractivity contribution in [1.82, 2.24) is 10.4 Å². The van der Waals surface area contributed by atoms with Crippen LogP contribution in [0.1, 0.15) is 37.1 Å². The lowest BCUT2D eigenvalue weighted by molar-refractivity contribution is 0.371. The summed E-state index contributed by atoms with van der Waals surface area (Å²) in [6.07, 6.45) is 4.41. The molecule has 0 bridgehead atoms. The van der Waals surface area contributed by atoms with Crippen molar-refractivity contribution >= 4 is 0 Å². The van der Waals surface area contributed by atoms with Gasteiger partial charge in [0.15, 0.2) is 0 Å². The highest BCUT2D eigenvalue weighted by Gasteiger charge is 2.45. The number of aromatic nitrogens is 1. The molecule has 2 rings (SSSR count). The van der Waals surface area contributed by atoms with Crippen molar-refractivity contribution in [3.8, 4) is 0 Å². The zero-order chi connectivity index (χ0) is 10.2. The van der Waals surface area contributed by atoms with Crippen LogP contribution in [0.5, 0.6) is 0 Å². The van der Waals surface area contributed by atoms with E-state index in [1.165, 1.54) is 18.4 Å². The van der Waals surface area contributed by atoms with Crippen LogP contribution in [0.15, 0.2) is 18.3 Å². The molecule has 0 radical (unpaired) electrons. The van der Waals surface area contributed by atoms with Crippen LogP contribution in [0.2, 0.25) is 0 Å². The van der Waals surface area contributed by atoms with E-state index in [9.17, 15) is 0 Å². The number of pyridine rings is 1. The summed E-state index contributed by atoms with van der Waals surface area (Å²) in [5.41, 5.74) is 5.48. The van der Waals surface area contributed by atoms with Gasteiger partial charge in [0.05, 0.1) is 6.04 Å². The van der Waals surface area contributed by atoms with Crippen LogP contribution < -0.4 is 11.3 Å². The number of hydrazine groups is 1. The second kappa shape index (κ2) is 3.33. The van der Waals surface area contributed by atoms with Crippen LogP contribution in [0.3, 0.4) is 0 Å². The molecule has 1 aromatic heterocycles. The predicted octanol–water partition coefficient (Wildman–Crippen LogP) is 1.69. The van der Waals surface area contributed by atoms with Crippen LogP contribution in [0.25, 0.3) is 0 Å². The smallest absolute Gasteiger partial charge is 0.0528 e. The summed E-state index contributed by atoms with van der Waals surface area (Å²) in [6, 6.07) is 4.39. The molecule has 1 fully saturated rings. The summed E-state index contributed by atoms with van der Waals surface area (Å²) in [5, 5.41) is 0. The maximum atomic E-state index is 5.59. The Kier molecular flexibility index (Phi) is 2.29. The van der Waals surface area contributed by atoms with Crippen molar-refractivity contribution in [1.29, 1.82) is 0 Å². The Morgan fingerprint density at radius 3 is 2.64 bits per heavy atom. The lowest BCUT2D eigenvalue weighted by Gasteiger charge is -2.22. The van der Waals surface area contributed by atoms with Gasteiger partial charge in [-0.15, -0.1) is 0 Å². The molecule has 1 aromatic rings. The van der Waals surface area contributed by atoms with Crippen molar-refractivity contribution in [2.24, 2.45) is 11.3 Å². The largest absolute Gasteiger partial charge is 0.271 e. The number of hydrogen-bond donors (Lipinski definition) is 2. The number of nitrogens with zero attached hydrogens (tertiary/aromatic N) is 1. The van der Waals surface area contributed by atoms with Gasteiger partial charge in [-0.25, -0.2) is 0 Å².